The molecule has 2 aromatic rings. The standard InChI is InChI=1S/C20H24N4S/c1-4-19-13-21-20(25-19)22-17-11-7-16(8-12-17)15(3)23-24-18-9-5-14(2)6-10-18/h5-12,19,24H,4,13H2,1-3H3,(H,21,22)/b23-15-/t19-/m0/s1. The van der Waals surface area contributed by atoms with Crippen LogP contribution in [0.25, 0.3) is 0 Å². The predicted molar refractivity (Wildman–Crippen MR) is 111 cm³/mol. The number of nitrogens with zero attached hydrogens (tertiary/aromatic N) is 2. The monoisotopic (exact) mass is 352 g/mol. The molecule has 1 aliphatic rings. The fourth-order valence-corrected chi connectivity index (χ4v) is 3.42. The molecule has 0 bridgehead atoms. The Bertz CT molecular complexity index is 763. The molecule has 0 amide bonds. The number of aliphatic imine (C=N–C) groups is 1. The van der Waals surface area contributed by atoms with E-state index in [1.165, 1.54) is 5.56 Å². The Morgan fingerprint density at radius 3 is 2.44 bits per heavy atom. The Morgan fingerprint density at radius 1 is 1.12 bits per heavy atom. The number of nitrogens with one attached hydrogen (secondary N) is 2. The molecular weight excluding hydrogens is 328 g/mol. The van der Waals surface area contributed by atoms with Crippen LogP contribution in [0.3, 0.4) is 0 Å². The van der Waals surface area contributed by atoms with Crippen LogP contribution in [0, 0.1) is 6.92 Å². The Hall–Kier alpha value is -2.27. The number of hydrogen-bond acceptors (Lipinski definition) is 5. The number of rotatable bonds is 5. The highest BCUT2D eigenvalue weighted by molar-refractivity contribution is 8.15. The lowest BCUT2D eigenvalue weighted by Crippen LogP contribution is -2.07. The van der Waals surface area contributed by atoms with Crippen molar-refractivity contribution < 1.29 is 0 Å². The molecule has 25 heavy (non-hydrogen) atoms. The first kappa shape index (κ1) is 17.5. The third-order valence-electron chi connectivity index (χ3n) is 4.13. The second-order valence-corrected chi connectivity index (χ2v) is 7.46. The zero-order valence-electron chi connectivity index (χ0n) is 14.9. The van der Waals surface area contributed by atoms with Crippen LogP contribution in [-0.4, -0.2) is 22.7 Å². The number of hydrogen-bond donors (Lipinski definition) is 2. The molecule has 2 N–H and O–H groups in total. The molecule has 0 unspecified atom stereocenters. The summed E-state index contributed by atoms with van der Waals surface area (Å²) >= 11 is 1.83. The average molecular weight is 353 g/mol. The summed E-state index contributed by atoms with van der Waals surface area (Å²) in [6.45, 7) is 7.20. The lowest BCUT2D eigenvalue weighted by Gasteiger charge is -2.08. The molecule has 0 spiro atoms. The maximum Gasteiger partial charge on any atom is 0.161 e. The molecule has 0 saturated heterocycles. The number of anilines is 2. The van der Waals surface area contributed by atoms with E-state index in [1.54, 1.807) is 0 Å². The number of amidine groups is 1. The highest BCUT2D eigenvalue weighted by atomic mass is 32.2. The zero-order chi connectivity index (χ0) is 17.6. The Balaban J connectivity index is 1.59. The fraction of sp³-hybridized carbons (Fsp3) is 0.300. The van der Waals surface area contributed by atoms with Crippen molar-refractivity contribution in [1.29, 1.82) is 0 Å². The molecule has 0 saturated carbocycles. The first-order valence-corrected chi connectivity index (χ1v) is 9.47. The van der Waals surface area contributed by atoms with E-state index < -0.39 is 0 Å². The van der Waals surface area contributed by atoms with Crippen molar-refractivity contribution in [2.75, 3.05) is 17.3 Å². The van der Waals surface area contributed by atoms with Crippen LogP contribution in [-0.2, 0) is 0 Å². The van der Waals surface area contributed by atoms with Crippen molar-refractivity contribution in [1.82, 2.24) is 0 Å². The highest BCUT2D eigenvalue weighted by Gasteiger charge is 2.17. The predicted octanol–water partition coefficient (Wildman–Crippen LogP) is 5.12. The quantitative estimate of drug-likeness (QED) is 0.580. The molecule has 0 radical (unpaired) electrons. The first-order chi connectivity index (χ1) is 12.1. The van der Waals surface area contributed by atoms with E-state index in [-0.39, 0.29) is 0 Å². The summed E-state index contributed by atoms with van der Waals surface area (Å²) in [6, 6.07) is 16.5. The van der Waals surface area contributed by atoms with Crippen LogP contribution in [0.1, 0.15) is 31.4 Å². The lowest BCUT2D eigenvalue weighted by molar-refractivity contribution is 0.843. The van der Waals surface area contributed by atoms with Crippen LogP contribution in [0.2, 0.25) is 0 Å². The van der Waals surface area contributed by atoms with E-state index in [2.05, 4.69) is 71.1 Å². The number of thioether (sulfide) groups is 1. The van der Waals surface area contributed by atoms with Crippen molar-refractivity contribution in [3.63, 3.8) is 0 Å². The van der Waals surface area contributed by atoms with E-state index in [0.717, 1.165) is 40.8 Å². The molecule has 4 nitrogen and oxygen atoms in total. The molecular formula is C20H24N4S. The van der Waals surface area contributed by atoms with Gasteiger partial charge in [-0.25, -0.2) is 0 Å². The second-order valence-electron chi connectivity index (χ2n) is 6.17. The maximum atomic E-state index is 4.54. The Labute approximate surface area is 153 Å². The molecule has 3 rings (SSSR count). The fourth-order valence-electron chi connectivity index (χ4n) is 2.46. The molecule has 0 fully saturated rings. The van der Waals surface area contributed by atoms with E-state index in [4.69, 9.17) is 0 Å². The van der Waals surface area contributed by atoms with Crippen molar-refractivity contribution in [3.05, 3.63) is 59.7 Å². The van der Waals surface area contributed by atoms with Gasteiger partial charge in [-0.05, 0) is 50.1 Å². The van der Waals surface area contributed by atoms with Crippen LogP contribution in [0.4, 0.5) is 11.4 Å². The van der Waals surface area contributed by atoms with Gasteiger partial charge in [0.2, 0.25) is 0 Å². The van der Waals surface area contributed by atoms with Crippen molar-refractivity contribution in [3.8, 4) is 0 Å². The van der Waals surface area contributed by atoms with Crippen molar-refractivity contribution in [2.24, 2.45) is 10.1 Å². The molecule has 130 valence electrons. The summed E-state index contributed by atoms with van der Waals surface area (Å²) in [5.74, 6) is 0. The van der Waals surface area contributed by atoms with E-state index >= 15 is 0 Å². The molecule has 0 aliphatic carbocycles. The minimum absolute atomic E-state index is 0.615. The van der Waals surface area contributed by atoms with Gasteiger partial charge < -0.3 is 5.32 Å². The SMILES string of the molecule is CC[C@H]1CN=C(Nc2ccc(/C(C)=N\Nc3ccc(C)cc3)cc2)S1. The molecule has 2 aromatic carbocycles. The molecule has 1 heterocycles. The third kappa shape index (κ3) is 4.86. The minimum atomic E-state index is 0.615. The molecule has 1 aliphatic heterocycles. The normalized spacial score (nSPS) is 17.3. The minimum Gasteiger partial charge on any atom is -0.335 e. The summed E-state index contributed by atoms with van der Waals surface area (Å²) in [5.41, 5.74) is 8.44. The maximum absolute atomic E-state index is 4.54. The van der Waals surface area contributed by atoms with Crippen LogP contribution >= 0.6 is 11.8 Å². The van der Waals surface area contributed by atoms with Crippen LogP contribution in [0.5, 0.6) is 0 Å². The number of benzene rings is 2. The van der Waals surface area contributed by atoms with E-state index in [1.807, 2.05) is 30.8 Å². The van der Waals surface area contributed by atoms with Crippen molar-refractivity contribution in [2.45, 2.75) is 32.4 Å². The molecule has 0 aromatic heterocycles. The summed E-state index contributed by atoms with van der Waals surface area (Å²) in [7, 11) is 0. The van der Waals surface area contributed by atoms with Crippen LogP contribution in [0.15, 0.2) is 58.6 Å². The van der Waals surface area contributed by atoms with Gasteiger partial charge in [-0.1, -0.05) is 48.5 Å². The van der Waals surface area contributed by atoms with Gasteiger partial charge in [-0.15, -0.1) is 0 Å². The highest BCUT2D eigenvalue weighted by Crippen LogP contribution is 2.24. The van der Waals surface area contributed by atoms with Gasteiger partial charge in [-0.3, -0.25) is 10.4 Å². The summed E-state index contributed by atoms with van der Waals surface area (Å²) in [5, 5.41) is 9.49. The van der Waals surface area contributed by atoms with Gasteiger partial charge in [0.1, 0.15) is 0 Å². The van der Waals surface area contributed by atoms with Gasteiger partial charge >= 0.3 is 0 Å². The third-order valence-corrected chi connectivity index (χ3v) is 5.40. The summed E-state index contributed by atoms with van der Waals surface area (Å²) in [6.07, 6.45) is 1.15. The summed E-state index contributed by atoms with van der Waals surface area (Å²) < 4.78 is 0. The number of hydrazone groups is 1. The molecule has 5 heteroatoms. The largest absolute Gasteiger partial charge is 0.335 e. The molecule has 1 atom stereocenters. The van der Waals surface area contributed by atoms with Crippen molar-refractivity contribution >= 4 is 34.0 Å². The van der Waals surface area contributed by atoms with Gasteiger partial charge in [0.15, 0.2) is 5.17 Å². The van der Waals surface area contributed by atoms with E-state index in [0.29, 0.717) is 5.25 Å². The van der Waals surface area contributed by atoms with Gasteiger partial charge in [0.05, 0.1) is 17.9 Å². The first-order valence-electron chi connectivity index (χ1n) is 8.59. The van der Waals surface area contributed by atoms with Gasteiger partial charge in [0, 0.05) is 10.9 Å². The topological polar surface area (TPSA) is 48.8 Å². The Kier molecular flexibility index (Phi) is 5.76. The summed E-state index contributed by atoms with van der Waals surface area (Å²) in [4.78, 5) is 4.54. The Morgan fingerprint density at radius 2 is 1.80 bits per heavy atom. The lowest BCUT2D eigenvalue weighted by atomic mass is 10.1. The zero-order valence-corrected chi connectivity index (χ0v) is 15.7. The smallest absolute Gasteiger partial charge is 0.161 e. The number of aryl methyl sites for hydroxylation is 1. The average Bonchev–Trinajstić information content (AvgIpc) is 3.09. The van der Waals surface area contributed by atoms with Gasteiger partial charge in [0.25, 0.3) is 0 Å². The van der Waals surface area contributed by atoms with Gasteiger partial charge in [-0.2, -0.15) is 5.10 Å². The second kappa shape index (κ2) is 8.21. The van der Waals surface area contributed by atoms with Crippen LogP contribution < -0.4 is 10.7 Å². The van der Waals surface area contributed by atoms with E-state index in [9.17, 15) is 0 Å².